The molecule has 1 saturated carbocycles. The maximum absolute atomic E-state index is 12.4. The Labute approximate surface area is 42.5 Å². The minimum absolute atomic E-state index is 0.285. The standard InChI is InChI=1S/C5H9FO/c1-7-4-5(6)2-3-5/h2-4H2,1H3. The third-order valence-electron chi connectivity index (χ3n) is 1.20. The first-order valence-electron chi connectivity index (χ1n) is 2.45. The molecule has 0 aromatic rings. The summed E-state index contributed by atoms with van der Waals surface area (Å²) in [5, 5.41) is 0. The highest BCUT2D eigenvalue weighted by molar-refractivity contribution is 4.93. The summed E-state index contributed by atoms with van der Waals surface area (Å²) in [7, 11) is 1.53. The van der Waals surface area contributed by atoms with E-state index in [0.29, 0.717) is 12.8 Å². The van der Waals surface area contributed by atoms with E-state index in [1.807, 2.05) is 0 Å². The van der Waals surface area contributed by atoms with Crippen molar-refractivity contribution in [3.05, 3.63) is 0 Å². The van der Waals surface area contributed by atoms with Crippen LogP contribution in [-0.4, -0.2) is 19.4 Å². The van der Waals surface area contributed by atoms with Crippen molar-refractivity contribution in [2.75, 3.05) is 13.7 Å². The predicted octanol–water partition coefficient (Wildman–Crippen LogP) is 1.13. The highest BCUT2D eigenvalue weighted by Crippen LogP contribution is 2.39. The molecule has 2 heteroatoms. The summed E-state index contributed by atoms with van der Waals surface area (Å²) in [6, 6.07) is 0. The fourth-order valence-electron chi connectivity index (χ4n) is 0.539. The van der Waals surface area contributed by atoms with Gasteiger partial charge in [0.1, 0.15) is 5.67 Å². The summed E-state index contributed by atoms with van der Waals surface area (Å²) >= 11 is 0. The molecule has 1 fully saturated rings. The maximum atomic E-state index is 12.4. The minimum atomic E-state index is -0.922. The highest BCUT2D eigenvalue weighted by atomic mass is 19.1. The van der Waals surface area contributed by atoms with E-state index >= 15 is 0 Å². The zero-order chi connectivity index (χ0) is 5.33. The fourth-order valence-corrected chi connectivity index (χ4v) is 0.539. The molecule has 1 aliphatic rings. The molecule has 0 bridgehead atoms. The summed E-state index contributed by atoms with van der Waals surface area (Å²) in [4.78, 5) is 0. The highest BCUT2D eigenvalue weighted by Gasteiger charge is 2.42. The molecular weight excluding hydrogens is 95.1 g/mol. The number of hydrogen-bond donors (Lipinski definition) is 0. The zero-order valence-corrected chi connectivity index (χ0v) is 4.41. The van der Waals surface area contributed by atoms with Gasteiger partial charge in [0.15, 0.2) is 0 Å². The van der Waals surface area contributed by atoms with Crippen LogP contribution >= 0.6 is 0 Å². The molecule has 0 radical (unpaired) electrons. The second-order valence-electron chi connectivity index (χ2n) is 2.08. The van der Waals surface area contributed by atoms with E-state index < -0.39 is 5.67 Å². The fraction of sp³-hybridized carbons (Fsp3) is 1.00. The van der Waals surface area contributed by atoms with Crippen molar-refractivity contribution in [3.8, 4) is 0 Å². The number of rotatable bonds is 2. The van der Waals surface area contributed by atoms with Crippen LogP contribution in [0, 0.1) is 0 Å². The summed E-state index contributed by atoms with van der Waals surface area (Å²) < 4.78 is 17.0. The van der Waals surface area contributed by atoms with Crippen LogP contribution in [0.15, 0.2) is 0 Å². The smallest absolute Gasteiger partial charge is 0.134 e. The van der Waals surface area contributed by atoms with Gasteiger partial charge in [-0.1, -0.05) is 0 Å². The van der Waals surface area contributed by atoms with E-state index in [1.165, 1.54) is 7.11 Å². The van der Waals surface area contributed by atoms with E-state index in [2.05, 4.69) is 4.74 Å². The molecule has 0 saturated heterocycles. The second kappa shape index (κ2) is 1.44. The van der Waals surface area contributed by atoms with Crippen LogP contribution in [0.1, 0.15) is 12.8 Å². The Morgan fingerprint density at radius 2 is 2.29 bits per heavy atom. The third kappa shape index (κ3) is 1.13. The molecule has 7 heavy (non-hydrogen) atoms. The van der Waals surface area contributed by atoms with Crippen molar-refractivity contribution < 1.29 is 9.13 Å². The van der Waals surface area contributed by atoms with Crippen LogP contribution in [0.2, 0.25) is 0 Å². The largest absolute Gasteiger partial charge is 0.381 e. The summed E-state index contributed by atoms with van der Waals surface area (Å²) in [5.41, 5.74) is -0.922. The molecule has 1 aliphatic carbocycles. The van der Waals surface area contributed by atoms with Gasteiger partial charge < -0.3 is 4.74 Å². The molecule has 0 atom stereocenters. The Kier molecular flexibility index (Phi) is 1.04. The number of methoxy groups -OCH3 is 1. The molecule has 42 valence electrons. The van der Waals surface area contributed by atoms with Gasteiger partial charge >= 0.3 is 0 Å². The van der Waals surface area contributed by atoms with Gasteiger partial charge in [-0.2, -0.15) is 0 Å². The van der Waals surface area contributed by atoms with Crippen LogP contribution in [0.3, 0.4) is 0 Å². The number of ether oxygens (including phenoxy) is 1. The van der Waals surface area contributed by atoms with Crippen molar-refractivity contribution in [2.45, 2.75) is 18.5 Å². The topological polar surface area (TPSA) is 9.23 Å². The van der Waals surface area contributed by atoms with E-state index in [1.54, 1.807) is 0 Å². The Morgan fingerprint density at radius 3 is 2.43 bits per heavy atom. The number of hydrogen-bond acceptors (Lipinski definition) is 1. The van der Waals surface area contributed by atoms with E-state index in [0.717, 1.165) is 0 Å². The quantitative estimate of drug-likeness (QED) is 0.510. The first kappa shape index (κ1) is 5.04. The van der Waals surface area contributed by atoms with Crippen LogP contribution in [0.4, 0.5) is 4.39 Å². The Hall–Kier alpha value is -0.110. The maximum Gasteiger partial charge on any atom is 0.134 e. The van der Waals surface area contributed by atoms with Crippen molar-refractivity contribution in [1.29, 1.82) is 0 Å². The second-order valence-corrected chi connectivity index (χ2v) is 2.08. The van der Waals surface area contributed by atoms with Gasteiger partial charge in [0.05, 0.1) is 6.61 Å². The zero-order valence-electron chi connectivity index (χ0n) is 4.41. The number of halogens is 1. The van der Waals surface area contributed by atoms with Crippen molar-refractivity contribution >= 4 is 0 Å². The van der Waals surface area contributed by atoms with Crippen LogP contribution < -0.4 is 0 Å². The Morgan fingerprint density at radius 1 is 1.71 bits per heavy atom. The summed E-state index contributed by atoms with van der Waals surface area (Å²) in [6.07, 6.45) is 1.39. The van der Waals surface area contributed by atoms with Crippen molar-refractivity contribution in [1.82, 2.24) is 0 Å². The Balaban J connectivity index is 2.13. The van der Waals surface area contributed by atoms with E-state index in [-0.39, 0.29) is 6.61 Å². The van der Waals surface area contributed by atoms with Crippen molar-refractivity contribution in [2.24, 2.45) is 0 Å². The van der Waals surface area contributed by atoms with Gasteiger partial charge in [0.2, 0.25) is 0 Å². The number of alkyl halides is 1. The predicted molar refractivity (Wildman–Crippen MR) is 24.9 cm³/mol. The summed E-state index contributed by atoms with van der Waals surface area (Å²) in [6.45, 7) is 0.285. The van der Waals surface area contributed by atoms with Crippen molar-refractivity contribution in [3.63, 3.8) is 0 Å². The lowest BCUT2D eigenvalue weighted by atomic mass is 10.4. The molecule has 0 aromatic carbocycles. The lowest BCUT2D eigenvalue weighted by Crippen LogP contribution is -2.07. The van der Waals surface area contributed by atoms with E-state index in [9.17, 15) is 4.39 Å². The monoisotopic (exact) mass is 104 g/mol. The molecule has 0 unspecified atom stereocenters. The van der Waals surface area contributed by atoms with Crippen LogP contribution in [0.5, 0.6) is 0 Å². The van der Waals surface area contributed by atoms with Crippen LogP contribution in [0.25, 0.3) is 0 Å². The average molecular weight is 104 g/mol. The SMILES string of the molecule is COCC1(F)CC1. The average Bonchev–Trinajstić information content (AvgIpc) is 2.22. The third-order valence-corrected chi connectivity index (χ3v) is 1.20. The molecule has 0 aliphatic heterocycles. The first-order chi connectivity index (χ1) is 3.27. The minimum Gasteiger partial charge on any atom is -0.381 e. The summed E-state index contributed by atoms with van der Waals surface area (Å²) in [5.74, 6) is 0. The lowest BCUT2D eigenvalue weighted by molar-refractivity contribution is 0.110. The molecule has 0 spiro atoms. The Bertz CT molecular complexity index is 68.5. The molecule has 1 nitrogen and oxygen atoms in total. The van der Waals surface area contributed by atoms with Gasteiger partial charge in [-0.25, -0.2) is 4.39 Å². The molecular formula is C5H9FO. The molecule has 0 heterocycles. The molecule has 0 N–H and O–H groups in total. The van der Waals surface area contributed by atoms with Gasteiger partial charge in [-0.3, -0.25) is 0 Å². The van der Waals surface area contributed by atoms with Gasteiger partial charge in [-0.15, -0.1) is 0 Å². The first-order valence-corrected chi connectivity index (χ1v) is 2.45. The van der Waals surface area contributed by atoms with Gasteiger partial charge in [0, 0.05) is 7.11 Å². The van der Waals surface area contributed by atoms with E-state index in [4.69, 9.17) is 0 Å². The molecule has 0 aromatic heterocycles. The normalized spacial score (nSPS) is 24.9. The van der Waals surface area contributed by atoms with Gasteiger partial charge in [0.25, 0.3) is 0 Å². The lowest BCUT2D eigenvalue weighted by Gasteiger charge is -1.98. The van der Waals surface area contributed by atoms with Gasteiger partial charge in [-0.05, 0) is 12.8 Å². The molecule has 0 amide bonds. The van der Waals surface area contributed by atoms with Crippen LogP contribution in [-0.2, 0) is 4.74 Å². The molecule has 1 rings (SSSR count).